The molecule has 2 unspecified atom stereocenters. The van der Waals surface area contributed by atoms with Crippen LogP contribution in [0, 0.1) is 0 Å². The van der Waals surface area contributed by atoms with Crippen molar-refractivity contribution in [1.29, 1.82) is 0 Å². The standard InChI is InChI=1S/C15H15ClN2O3/c1-8-6-7-11(21-8)13-17-14(19)12(15(20)18-13)9-4-2-3-5-10(9)16/h2-5,8,11H,6-7H2,1H3,(H2,17,18,19,20). The van der Waals surface area contributed by atoms with Gasteiger partial charge in [-0.15, -0.1) is 0 Å². The van der Waals surface area contributed by atoms with E-state index in [2.05, 4.69) is 9.97 Å². The van der Waals surface area contributed by atoms with E-state index < -0.39 is 5.56 Å². The predicted octanol–water partition coefficient (Wildman–Crippen LogP) is 3.04. The first kappa shape index (κ1) is 14.1. The van der Waals surface area contributed by atoms with Crippen molar-refractivity contribution in [3.63, 3.8) is 0 Å². The number of aromatic nitrogens is 2. The van der Waals surface area contributed by atoms with Gasteiger partial charge >= 0.3 is 0 Å². The van der Waals surface area contributed by atoms with Gasteiger partial charge in [0.05, 0.1) is 6.10 Å². The monoisotopic (exact) mass is 306 g/mol. The number of aromatic hydroxyl groups is 1. The molecule has 1 aromatic carbocycles. The highest BCUT2D eigenvalue weighted by molar-refractivity contribution is 6.33. The van der Waals surface area contributed by atoms with Gasteiger partial charge in [-0.2, -0.15) is 4.98 Å². The largest absolute Gasteiger partial charge is 0.493 e. The van der Waals surface area contributed by atoms with E-state index in [1.165, 1.54) is 0 Å². The third-order valence-electron chi connectivity index (χ3n) is 3.60. The van der Waals surface area contributed by atoms with Crippen LogP contribution in [0.2, 0.25) is 5.02 Å². The van der Waals surface area contributed by atoms with Gasteiger partial charge in [0, 0.05) is 10.6 Å². The summed E-state index contributed by atoms with van der Waals surface area (Å²) in [6.07, 6.45) is 1.53. The second-order valence-electron chi connectivity index (χ2n) is 5.14. The summed E-state index contributed by atoms with van der Waals surface area (Å²) in [5, 5.41) is 10.5. The van der Waals surface area contributed by atoms with E-state index in [1.54, 1.807) is 24.3 Å². The molecule has 1 aliphatic rings. The highest BCUT2D eigenvalue weighted by atomic mass is 35.5. The Morgan fingerprint density at radius 1 is 1.38 bits per heavy atom. The Bertz CT molecular complexity index is 729. The number of H-pyrrole nitrogens is 1. The van der Waals surface area contributed by atoms with Crippen LogP contribution in [0.15, 0.2) is 29.1 Å². The average Bonchev–Trinajstić information content (AvgIpc) is 2.87. The topological polar surface area (TPSA) is 75.2 Å². The molecule has 0 radical (unpaired) electrons. The fourth-order valence-corrected chi connectivity index (χ4v) is 2.77. The lowest BCUT2D eigenvalue weighted by atomic mass is 10.1. The van der Waals surface area contributed by atoms with E-state index in [0.717, 1.165) is 12.8 Å². The summed E-state index contributed by atoms with van der Waals surface area (Å²) < 4.78 is 5.66. The molecule has 1 aliphatic heterocycles. The van der Waals surface area contributed by atoms with Gasteiger partial charge in [-0.25, -0.2) is 0 Å². The molecule has 2 heterocycles. The lowest BCUT2D eigenvalue weighted by Gasteiger charge is -2.12. The molecule has 2 N–H and O–H groups in total. The minimum atomic E-state index is -0.422. The SMILES string of the molecule is CC1CCC(c2nc(O)c(-c3ccccc3Cl)c(=O)[nH]2)O1. The first-order valence-electron chi connectivity index (χ1n) is 6.80. The number of nitrogens with zero attached hydrogens (tertiary/aromatic N) is 1. The van der Waals surface area contributed by atoms with Crippen molar-refractivity contribution in [1.82, 2.24) is 9.97 Å². The van der Waals surface area contributed by atoms with Crippen LogP contribution in [0.3, 0.4) is 0 Å². The van der Waals surface area contributed by atoms with E-state index in [9.17, 15) is 9.90 Å². The van der Waals surface area contributed by atoms with Gasteiger partial charge in [0.2, 0.25) is 5.88 Å². The second-order valence-corrected chi connectivity index (χ2v) is 5.55. The van der Waals surface area contributed by atoms with Gasteiger partial charge < -0.3 is 14.8 Å². The van der Waals surface area contributed by atoms with Crippen molar-refractivity contribution < 1.29 is 9.84 Å². The van der Waals surface area contributed by atoms with Crippen LogP contribution in [0.25, 0.3) is 11.1 Å². The molecular formula is C15H15ClN2O3. The fraction of sp³-hybridized carbons (Fsp3) is 0.333. The number of ether oxygens (including phenoxy) is 1. The molecule has 2 atom stereocenters. The molecule has 1 saturated heterocycles. The van der Waals surface area contributed by atoms with Gasteiger partial charge in [0.1, 0.15) is 17.5 Å². The molecule has 3 rings (SSSR count). The van der Waals surface area contributed by atoms with E-state index in [-0.39, 0.29) is 23.7 Å². The fourth-order valence-electron chi connectivity index (χ4n) is 2.54. The Kier molecular flexibility index (Phi) is 3.69. The molecule has 0 spiro atoms. The number of hydrogen-bond acceptors (Lipinski definition) is 4. The molecule has 6 heteroatoms. The number of rotatable bonds is 2. The lowest BCUT2D eigenvalue weighted by molar-refractivity contribution is 0.0498. The summed E-state index contributed by atoms with van der Waals surface area (Å²) in [6.45, 7) is 1.97. The number of halogens is 1. The highest BCUT2D eigenvalue weighted by Gasteiger charge is 2.27. The summed E-state index contributed by atoms with van der Waals surface area (Å²) in [5.41, 5.74) is 0.113. The van der Waals surface area contributed by atoms with E-state index in [4.69, 9.17) is 16.3 Å². The van der Waals surface area contributed by atoms with Crippen molar-refractivity contribution in [2.75, 3.05) is 0 Å². The molecule has 2 aromatic rings. The Balaban J connectivity index is 2.05. The van der Waals surface area contributed by atoms with Gasteiger partial charge in [0.25, 0.3) is 5.56 Å². The minimum Gasteiger partial charge on any atom is -0.493 e. The molecule has 0 bridgehead atoms. The summed E-state index contributed by atoms with van der Waals surface area (Å²) >= 11 is 6.07. The van der Waals surface area contributed by atoms with Crippen LogP contribution in [-0.2, 0) is 4.74 Å². The molecule has 1 aromatic heterocycles. The van der Waals surface area contributed by atoms with Crippen LogP contribution in [0.4, 0.5) is 0 Å². The smallest absolute Gasteiger partial charge is 0.262 e. The maximum absolute atomic E-state index is 12.3. The summed E-state index contributed by atoms with van der Waals surface area (Å²) in [6, 6.07) is 6.83. The molecule has 110 valence electrons. The van der Waals surface area contributed by atoms with Gasteiger partial charge in [-0.1, -0.05) is 29.8 Å². The number of nitrogens with one attached hydrogen (secondary N) is 1. The van der Waals surface area contributed by atoms with Crippen LogP contribution in [-0.4, -0.2) is 21.2 Å². The van der Waals surface area contributed by atoms with E-state index >= 15 is 0 Å². The maximum atomic E-state index is 12.3. The minimum absolute atomic E-state index is 0.0791. The molecule has 0 saturated carbocycles. The summed E-state index contributed by atoms with van der Waals surface area (Å²) in [7, 11) is 0. The zero-order chi connectivity index (χ0) is 15.0. The van der Waals surface area contributed by atoms with Crippen LogP contribution in [0.5, 0.6) is 5.88 Å². The third-order valence-corrected chi connectivity index (χ3v) is 3.93. The Hall–Kier alpha value is -1.85. The van der Waals surface area contributed by atoms with Crippen LogP contribution < -0.4 is 5.56 Å². The van der Waals surface area contributed by atoms with Crippen molar-refractivity contribution in [3.8, 4) is 17.0 Å². The molecule has 5 nitrogen and oxygen atoms in total. The Morgan fingerprint density at radius 2 is 2.14 bits per heavy atom. The normalized spacial score (nSPS) is 21.6. The molecule has 1 fully saturated rings. The predicted molar refractivity (Wildman–Crippen MR) is 79.5 cm³/mol. The quantitative estimate of drug-likeness (QED) is 0.894. The summed E-state index contributed by atoms with van der Waals surface area (Å²) in [5.74, 6) is 0.0302. The average molecular weight is 307 g/mol. The van der Waals surface area contributed by atoms with Crippen molar-refractivity contribution >= 4 is 11.6 Å². The molecule has 0 amide bonds. The molecule has 21 heavy (non-hydrogen) atoms. The first-order chi connectivity index (χ1) is 10.1. The van der Waals surface area contributed by atoms with Crippen LogP contribution in [0.1, 0.15) is 31.7 Å². The zero-order valence-electron chi connectivity index (χ0n) is 11.5. The van der Waals surface area contributed by atoms with Crippen LogP contribution >= 0.6 is 11.6 Å². The number of hydrogen-bond donors (Lipinski definition) is 2. The van der Waals surface area contributed by atoms with E-state index in [1.807, 2.05) is 6.92 Å². The van der Waals surface area contributed by atoms with Gasteiger partial charge in [-0.3, -0.25) is 4.79 Å². The maximum Gasteiger partial charge on any atom is 0.262 e. The number of benzene rings is 1. The van der Waals surface area contributed by atoms with Crippen molar-refractivity contribution in [2.45, 2.75) is 32.0 Å². The lowest BCUT2D eigenvalue weighted by Crippen LogP contribution is -2.17. The van der Waals surface area contributed by atoms with Gasteiger partial charge in [-0.05, 0) is 25.8 Å². The third kappa shape index (κ3) is 2.66. The second kappa shape index (κ2) is 5.50. The van der Waals surface area contributed by atoms with E-state index in [0.29, 0.717) is 16.4 Å². The van der Waals surface area contributed by atoms with Crippen molar-refractivity contribution in [2.24, 2.45) is 0 Å². The van der Waals surface area contributed by atoms with Crippen molar-refractivity contribution in [3.05, 3.63) is 45.5 Å². The molecule has 0 aliphatic carbocycles. The highest BCUT2D eigenvalue weighted by Crippen LogP contribution is 2.33. The Labute approximate surface area is 126 Å². The zero-order valence-corrected chi connectivity index (χ0v) is 12.2. The number of aromatic amines is 1. The van der Waals surface area contributed by atoms with Gasteiger partial charge in [0.15, 0.2) is 0 Å². The Morgan fingerprint density at radius 3 is 2.76 bits per heavy atom. The molecular weight excluding hydrogens is 292 g/mol. The summed E-state index contributed by atoms with van der Waals surface area (Å²) in [4.78, 5) is 19.1. The first-order valence-corrected chi connectivity index (χ1v) is 7.17.